The summed E-state index contributed by atoms with van der Waals surface area (Å²) < 4.78 is 58.3. The monoisotopic (exact) mass is 523 g/mol. The summed E-state index contributed by atoms with van der Waals surface area (Å²) in [6, 6.07) is 12.9. The standard InChI is InChI=1S/C24H33N3O6S2/c1-33-22-10-7-9-21(19-22)27(34(2,29)30)18-8-11-24(28)25-20-12-14-23(15-13-20)35(31,32)26-16-5-3-4-6-17-26/h7,9-10,12-15,19H,3-6,8,11,16-18H2,1-2H3,(H,25,28). The lowest BCUT2D eigenvalue weighted by molar-refractivity contribution is -0.116. The Labute approximate surface area is 208 Å². The van der Waals surface area contributed by atoms with E-state index in [2.05, 4.69) is 5.32 Å². The molecule has 2 aromatic carbocycles. The first-order chi connectivity index (χ1) is 16.6. The normalized spacial score (nSPS) is 15.3. The van der Waals surface area contributed by atoms with E-state index in [0.717, 1.165) is 31.9 Å². The first-order valence-corrected chi connectivity index (χ1v) is 14.9. The molecule has 0 spiro atoms. The molecule has 192 valence electrons. The number of sulfonamides is 2. The fourth-order valence-corrected chi connectivity index (χ4v) is 6.47. The highest BCUT2D eigenvalue weighted by Gasteiger charge is 2.25. The van der Waals surface area contributed by atoms with Gasteiger partial charge in [0.05, 0.1) is 23.9 Å². The molecule has 35 heavy (non-hydrogen) atoms. The average molecular weight is 524 g/mol. The minimum atomic E-state index is -3.55. The summed E-state index contributed by atoms with van der Waals surface area (Å²) in [5, 5.41) is 2.75. The van der Waals surface area contributed by atoms with E-state index >= 15 is 0 Å². The zero-order chi connectivity index (χ0) is 25.5. The summed E-state index contributed by atoms with van der Waals surface area (Å²) in [5.41, 5.74) is 0.950. The van der Waals surface area contributed by atoms with E-state index in [1.54, 1.807) is 36.4 Å². The number of benzene rings is 2. The van der Waals surface area contributed by atoms with Gasteiger partial charge in [0.2, 0.25) is 26.0 Å². The third-order valence-electron chi connectivity index (χ3n) is 5.85. The molecule has 1 saturated heterocycles. The molecule has 3 rings (SSSR count). The number of carbonyl (C=O) groups is 1. The molecule has 11 heteroatoms. The largest absolute Gasteiger partial charge is 0.497 e. The lowest BCUT2D eigenvalue weighted by atomic mass is 10.2. The van der Waals surface area contributed by atoms with Gasteiger partial charge in [-0.25, -0.2) is 16.8 Å². The van der Waals surface area contributed by atoms with E-state index in [1.165, 1.54) is 27.9 Å². The maximum Gasteiger partial charge on any atom is 0.243 e. The van der Waals surface area contributed by atoms with Gasteiger partial charge in [-0.3, -0.25) is 9.10 Å². The molecule has 1 aliphatic heterocycles. The maximum absolute atomic E-state index is 12.9. The predicted octanol–water partition coefficient (Wildman–Crippen LogP) is 3.44. The van der Waals surface area contributed by atoms with Gasteiger partial charge in [-0.05, 0) is 55.7 Å². The van der Waals surface area contributed by atoms with Gasteiger partial charge >= 0.3 is 0 Å². The van der Waals surface area contributed by atoms with Crippen molar-refractivity contribution in [2.24, 2.45) is 0 Å². The molecule has 0 saturated carbocycles. The van der Waals surface area contributed by atoms with E-state index < -0.39 is 20.0 Å². The summed E-state index contributed by atoms with van der Waals surface area (Å²) in [7, 11) is -5.59. The predicted molar refractivity (Wildman–Crippen MR) is 137 cm³/mol. The van der Waals surface area contributed by atoms with Gasteiger partial charge in [0.15, 0.2) is 0 Å². The van der Waals surface area contributed by atoms with Crippen LogP contribution in [0.1, 0.15) is 38.5 Å². The first kappa shape index (κ1) is 27.0. The second kappa shape index (κ2) is 11.9. The van der Waals surface area contributed by atoms with Gasteiger partial charge in [-0.15, -0.1) is 0 Å². The summed E-state index contributed by atoms with van der Waals surface area (Å²) in [4.78, 5) is 12.6. The summed E-state index contributed by atoms with van der Waals surface area (Å²) in [6.07, 6.45) is 5.33. The number of methoxy groups -OCH3 is 1. The summed E-state index contributed by atoms with van der Waals surface area (Å²) >= 11 is 0. The fourth-order valence-electron chi connectivity index (χ4n) is 4.00. The lowest BCUT2D eigenvalue weighted by Crippen LogP contribution is -2.32. The van der Waals surface area contributed by atoms with Crippen molar-refractivity contribution in [3.8, 4) is 5.75 Å². The molecule has 1 amide bonds. The fraction of sp³-hybridized carbons (Fsp3) is 0.458. The quantitative estimate of drug-likeness (QED) is 0.510. The zero-order valence-corrected chi connectivity index (χ0v) is 21.8. The Balaban J connectivity index is 1.57. The number of nitrogens with zero attached hydrogens (tertiary/aromatic N) is 2. The van der Waals surface area contributed by atoms with Crippen LogP contribution in [-0.2, 0) is 24.8 Å². The minimum Gasteiger partial charge on any atom is -0.497 e. The molecule has 0 aromatic heterocycles. The van der Waals surface area contributed by atoms with Crippen LogP contribution in [0.2, 0.25) is 0 Å². The minimum absolute atomic E-state index is 0.101. The number of ether oxygens (including phenoxy) is 1. The Morgan fingerprint density at radius 2 is 1.66 bits per heavy atom. The van der Waals surface area contributed by atoms with Crippen molar-refractivity contribution in [1.29, 1.82) is 0 Å². The molecule has 0 radical (unpaired) electrons. The maximum atomic E-state index is 12.9. The summed E-state index contributed by atoms with van der Waals surface area (Å²) in [5.74, 6) is 0.252. The molecule has 1 N–H and O–H groups in total. The van der Waals surface area contributed by atoms with Crippen molar-refractivity contribution in [2.45, 2.75) is 43.4 Å². The van der Waals surface area contributed by atoms with Crippen molar-refractivity contribution in [1.82, 2.24) is 4.31 Å². The Morgan fingerprint density at radius 3 is 2.26 bits per heavy atom. The van der Waals surface area contributed by atoms with Crippen LogP contribution in [-0.4, -0.2) is 60.0 Å². The molecule has 0 aliphatic carbocycles. The van der Waals surface area contributed by atoms with Gasteiger partial charge in [-0.1, -0.05) is 18.9 Å². The van der Waals surface area contributed by atoms with Crippen LogP contribution in [0.3, 0.4) is 0 Å². The first-order valence-electron chi connectivity index (χ1n) is 11.6. The van der Waals surface area contributed by atoms with Crippen molar-refractivity contribution < 1.29 is 26.4 Å². The Hall–Kier alpha value is -2.63. The van der Waals surface area contributed by atoms with E-state index in [-0.39, 0.29) is 23.8 Å². The number of hydrogen-bond donors (Lipinski definition) is 1. The highest BCUT2D eigenvalue weighted by molar-refractivity contribution is 7.92. The van der Waals surface area contributed by atoms with Gasteiger partial charge in [0, 0.05) is 37.8 Å². The van der Waals surface area contributed by atoms with Crippen LogP contribution in [0.5, 0.6) is 5.75 Å². The van der Waals surface area contributed by atoms with E-state index in [0.29, 0.717) is 36.6 Å². The number of nitrogens with one attached hydrogen (secondary N) is 1. The number of rotatable bonds is 10. The number of hydrogen-bond acceptors (Lipinski definition) is 6. The molecular weight excluding hydrogens is 490 g/mol. The Bertz CT molecular complexity index is 1210. The van der Waals surface area contributed by atoms with Crippen molar-refractivity contribution in [3.05, 3.63) is 48.5 Å². The number of carbonyl (C=O) groups excluding carboxylic acids is 1. The molecule has 1 heterocycles. The Morgan fingerprint density at radius 1 is 1.00 bits per heavy atom. The molecule has 2 aromatic rings. The topological polar surface area (TPSA) is 113 Å². The van der Waals surface area contributed by atoms with E-state index in [1.807, 2.05) is 0 Å². The average Bonchev–Trinajstić information content (AvgIpc) is 3.12. The van der Waals surface area contributed by atoms with Crippen LogP contribution < -0.4 is 14.4 Å². The molecular formula is C24H33N3O6S2. The van der Waals surface area contributed by atoms with Crippen LogP contribution in [0.15, 0.2) is 53.4 Å². The van der Waals surface area contributed by atoms with Crippen LogP contribution in [0, 0.1) is 0 Å². The molecule has 1 fully saturated rings. The van der Waals surface area contributed by atoms with E-state index in [4.69, 9.17) is 4.74 Å². The van der Waals surface area contributed by atoms with Gasteiger partial charge in [-0.2, -0.15) is 4.31 Å². The smallest absolute Gasteiger partial charge is 0.243 e. The molecule has 9 nitrogen and oxygen atoms in total. The van der Waals surface area contributed by atoms with Crippen molar-refractivity contribution in [2.75, 3.05) is 42.6 Å². The summed E-state index contributed by atoms with van der Waals surface area (Å²) in [6.45, 7) is 1.19. The van der Waals surface area contributed by atoms with Crippen molar-refractivity contribution >= 4 is 37.3 Å². The van der Waals surface area contributed by atoms with Crippen LogP contribution >= 0.6 is 0 Å². The van der Waals surface area contributed by atoms with Crippen LogP contribution in [0.25, 0.3) is 0 Å². The van der Waals surface area contributed by atoms with E-state index in [9.17, 15) is 21.6 Å². The third-order valence-corrected chi connectivity index (χ3v) is 8.95. The SMILES string of the molecule is COc1cccc(N(CCCC(=O)Nc2ccc(S(=O)(=O)N3CCCCCC3)cc2)S(C)(=O)=O)c1. The second-order valence-corrected chi connectivity index (χ2v) is 12.4. The van der Waals surface area contributed by atoms with Gasteiger partial charge in [0.1, 0.15) is 5.75 Å². The molecule has 0 unspecified atom stereocenters. The highest BCUT2D eigenvalue weighted by atomic mass is 32.2. The lowest BCUT2D eigenvalue weighted by Gasteiger charge is -2.22. The molecule has 0 bridgehead atoms. The van der Waals surface area contributed by atoms with Crippen molar-refractivity contribution in [3.63, 3.8) is 0 Å². The van der Waals surface area contributed by atoms with Gasteiger partial charge < -0.3 is 10.1 Å². The molecule has 1 aliphatic rings. The van der Waals surface area contributed by atoms with Gasteiger partial charge in [0.25, 0.3) is 0 Å². The third kappa shape index (κ3) is 7.42. The second-order valence-electron chi connectivity index (χ2n) is 8.53. The zero-order valence-electron chi connectivity index (χ0n) is 20.1. The number of anilines is 2. The molecule has 0 atom stereocenters. The van der Waals surface area contributed by atoms with Crippen LogP contribution in [0.4, 0.5) is 11.4 Å². The Kier molecular flexibility index (Phi) is 9.15. The highest BCUT2D eigenvalue weighted by Crippen LogP contribution is 2.24. The number of amides is 1.